The maximum atomic E-state index is 16.1. The van der Waals surface area contributed by atoms with Crippen molar-refractivity contribution in [3.63, 3.8) is 0 Å². The molecule has 7 heterocycles. The van der Waals surface area contributed by atoms with E-state index in [1.165, 1.54) is 22.8 Å². The minimum atomic E-state index is -2.91. The molecule has 83 heavy (non-hydrogen) atoms. The van der Waals surface area contributed by atoms with Crippen molar-refractivity contribution in [3.8, 4) is 45.4 Å². The number of nitrogens with zero attached hydrogens (tertiary/aromatic N) is 10. The van der Waals surface area contributed by atoms with Crippen LogP contribution in [0.25, 0.3) is 55.4 Å². The standard InChI is InChI=1S/C60H66F3N13O7/c1-6-75-48(17-18-66-75)37-15-13-36(14-16-37)47(28-77)67-58(79)49-20-40(78)26-74(49)59(80)54(31(2)3)76-27-46(71-72-76)35-9-7-33(8-10-35)29-82-55-52(51-32(4)44(61)22-45-43(51)24-65-70-45)41(34-11-12-34)21-42-53(55)68-60(83-50(30-81-5)56(62)63)69-57(42)73-25-38-19-39(73)23-64-38/h7-10,13-18,21-22,24,27,31,34,38-40,47,49-50,54,56,64,77-78H,6,11-12,19-20,23,25-26,28-30H2,1-5H3,(H,65,70)(H,67,79)/t38-,39-,40+,47-,49-,50?,54-/m0/s1. The summed E-state index contributed by atoms with van der Waals surface area (Å²) < 4.78 is 66.5. The molecule has 4 aromatic heterocycles. The molecule has 1 saturated carbocycles. The number of hydrogen-bond acceptors (Lipinski definition) is 15. The zero-order valence-corrected chi connectivity index (χ0v) is 46.7. The molecule has 8 aromatic rings. The van der Waals surface area contributed by atoms with E-state index >= 15 is 4.39 Å². The van der Waals surface area contributed by atoms with E-state index in [2.05, 4.69) is 47.2 Å². The van der Waals surface area contributed by atoms with Gasteiger partial charge in [-0.25, -0.2) is 17.9 Å². The van der Waals surface area contributed by atoms with Crippen LogP contribution in [-0.2, 0) is 27.5 Å². The number of methoxy groups -OCH3 is 1. The number of aromatic nitrogens is 9. The number of anilines is 1. The van der Waals surface area contributed by atoms with Gasteiger partial charge in [0.25, 0.3) is 6.43 Å². The summed E-state index contributed by atoms with van der Waals surface area (Å²) in [6.45, 7) is 8.66. The number of ether oxygens (including phenoxy) is 3. The predicted octanol–water partition coefficient (Wildman–Crippen LogP) is 7.44. The Bertz CT molecular complexity index is 3680. The minimum Gasteiger partial charge on any atom is -0.486 e. The number of rotatable bonds is 21. The molecule has 2 amide bonds. The number of aliphatic hydroxyl groups is 2. The molecule has 4 aliphatic rings. The number of carbonyl (C=O) groups is 2. The Labute approximate surface area is 476 Å². The molecular formula is C60H66F3N13O7. The number of likely N-dealkylation sites (tertiary alicyclic amines) is 1. The van der Waals surface area contributed by atoms with Gasteiger partial charge in [0.05, 0.1) is 49.0 Å². The number of aryl methyl sites for hydroxylation is 1. The highest BCUT2D eigenvalue weighted by Gasteiger charge is 2.44. The van der Waals surface area contributed by atoms with Gasteiger partial charge in [-0.15, -0.1) is 5.10 Å². The lowest BCUT2D eigenvalue weighted by atomic mass is 9.88. The maximum absolute atomic E-state index is 16.1. The van der Waals surface area contributed by atoms with Crippen LogP contribution in [0.1, 0.15) is 86.7 Å². The van der Waals surface area contributed by atoms with Crippen molar-refractivity contribution in [3.05, 3.63) is 113 Å². The van der Waals surface area contributed by atoms with Crippen LogP contribution in [0.3, 0.4) is 0 Å². The van der Waals surface area contributed by atoms with Crippen molar-refractivity contribution in [2.45, 2.75) is 121 Å². The van der Waals surface area contributed by atoms with Crippen LogP contribution in [0.5, 0.6) is 11.8 Å². The zero-order chi connectivity index (χ0) is 57.8. The van der Waals surface area contributed by atoms with E-state index in [1.807, 2.05) is 80.1 Å². The number of β-amino-alcohol motifs (C(OH)–C–C–N with tert-alkyl or cyclic N) is 1. The first-order valence-corrected chi connectivity index (χ1v) is 28.3. The molecule has 12 rings (SSSR count). The van der Waals surface area contributed by atoms with E-state index in [9.17, 15) is 28.6 Å². The average Bonchev–Trinajstić information content (AvgIpc) is 3.96. The minimum absolute atomic E-state index is 0.00113. The quantitative estimate of drug-likeness (QED) is 0.0470. The normalized spacial score (nSPS) is 19.9. The van der Waals surface area contributed by atoms with Crippen LogP contribution < -0.4 is 25.0 Å². The average molecular weight is 1140 g/mol. The number of fused-ring (bicyclic) bond motifs is 4. The van der Waals surface area contributed by atoms with E-state index in [0.29, 0.717) is 80.0 Å². The highest BCUT2D eigenvalue weighted by atomic mass is 19.3. The van der Waals surface area contributed by atoms with Crippen LogP contribution in [-0.4, -0.2) is 149 Å². The number of hydrogen-bond donors (Lipinski definition) is 5. The van der Waals surface area contributed by atoms with Gasteiger partial charge in [-0.3, -0.25) is 19.4 Å². The molecule has 3 aliphatic heterocycles. The number of aromatic amines is 1. The lowest BCUT2D eigenvalue weighted by Gasteiger charge is -2.30. The Balaban J connectivity index is 0.829. The zero-order valence-electron chi connectivity index (χ0n) is 46.7. The van der Waals surface area contributed by atoms with Gasteiger partial charge in [0, 0.05) is 85.5 Å². The van der Waals surface area contributed by atoms with Crippen molar-refractivity contribution in [1.82, 2.24) is 60.5 Å². The molecule has 5 N–H and O–H groups in total. The summed E-state index contributed by atoms with van der Waals surface area (Å²) in [5.74, 6) is -0.716. The summed E-state index contributed by atoms with van der Waals surface area (Å²) in [7, 11) is 1.32. The first kappa shape index (κ1) is 55.5. The van der Waals surface area contributed by atoms with Gasteiger partial charge in [0.15, 0.2) is 11.9 Å². The Morgan fingerprint density at radius 3 is 2.43 bits per heavy atom. The number of halogens is 3. The summed E-state index contributed by atoms with van der Waals surface area (Å²) in [6.07, 6.45) is 2.22. The third-order valence-electron chi connectivity index (χ3n) is 16.6. The van der Waals surface area contributed by atoms with E-state index in [1.54, 1.807) is 25.5 Å². The SMILES string of the molecule is CCn1nccc1-c1ccc([C@H](CO)NC(=O)[C@@H]2C[C@@H](O)CN2C(=O)[C@H](C(C)C)n2cc(-c3ccc(COc4c(-c5c(C)c(F)cc6[nH]ncc56)c(C5CC5)cc5c(N6C[C@@H]7C[C@H]6CN7)nc(OC(COC)C(F)F)nc45)cc3)nn2)cc1. The van der Waals surface area contributed by atoms with Crippen LogP contribution in [0.4, 0.5) is 19.0 Å². The molecule has 4 fully saturated rings. The molecule has 3 saturated heterocycles. The van der Waals surface area contributed by atoms with Crippen molar-refractivity contribution in [2.75, 3.05) is 44.9 Å². The second-order valence-electron chi connectivity index (χ2n) is 22.5. The number of nitrogens with one attached hydrogen (secondary N) is 3. The van der Waals surface area contributed by atoms with Gasteiger partial charge in [-0.2, -0.15) is 20.2 Å². The molecule has 20 nitrogen and oxygen atoms in total. The lowest BCUT2D eigenvalue weighted by molar-refractivity contribution is -0.142. The third kappa shape index (κ3) is 10.7. The Morgan fingerprint density at radius 2 is 1.75 bits per heavy atom. The molecule has 7 atom stereocenters. The highest BCUT2D eigenvalue weighted by Crippen LogP contribution is 2.53. The lowest BCUT2D eigenvalue weighted by Crippen LogP contribution is -2.50. The summed E-state index contributed by atoms with van der Waals surface area (Å²) >= 11 is 0. The van der Waals surface area contributed by atoms with Crippen LogP contribution in [0.2, 0.25) is 0 Å². The summed E-state index contributed by atoms with van der Waals surface area (Å²) in [5, 5.41) is 49.7. The fourth-order valence-corrected chi connectivity index (χ4v) is 12.2. The van der Waals surface area contributed by atoms with Gasteiger partial charge in [0.1, 0.15) is 41.5 Å². The van der Waals surface area contributed by atoms with Gasteiger partial charge in [-0.1, -0.05) is 67.6 Å². The Hall–Kier alpha value is -7.99. The number of piperazine rings is 1. The number of aliphatic hydroxyl groups excluding tert-OH is 2. The summed E-state index contributed by atoms with van der Waals surface area (Å²) in [4.78, 5) is 42.0. The number of benzene rings is 4. The van der Waals surface area contributed by atoms with E-state index < -0.39 is 67.6 Å². The number of carbonyl (C=O) groups excluding carboxylic acids is 2. The van der Waals surface area contributed by atoms with Gasteiger partial charge in [0.2, 0.25) is 11.8 Å². The Morgan fingerprint density at radius 1 is 0.964 bits per heavy atom. The third-order valence-corrected chi connectivity index (χ3v) is 16.6. The largest absolute Gasteiger partial charge is 0.486 e. The van der Waals surface area contributed by atoms with Crippen LogP contribution in [0, 0.1) is 18.7 Å². The molecular weight excluding hydrogens is 1070 g/mol. The van der Waals surface area contributed by atoms with Crippen molar-refractivity contribution >= 4 is 39.4 Å². The van der Waals surface area contributed by atoms with Crippen molar-refractivity contribution < 1.29 is 47.2 Å². The first-order chi connectivity index (χ1) is 40.2. The molecule has 1 aliphatic carbocycles. The van der Waals surface area contributed by atoms with Gasteiger partial charge >= 0.3 is 6.01 Å². The van der Waals surface area contributed by atoms with E-state index in [-0.39, 0.29) is 49.5 Å². The predicted molar refractivity (Wildman–Crippen MR) is 302 cm³/mol. The second-order valence-corrected chi connectivity index (χ2v) is 22.5. The monoisotopic (exact) mass is 1140 g/mol. The fourth-order valence-electron chi connectivity index (χ4n) is 12.2. The Kier molecular flexibility index (Phi) is 15.4. The topological polar surface area (TPSA) is 236 Å². The summed E-state index contributed by atoms with van der Waals surface area (Å²) in [5.41, 5.74) is 7.74. The first-order valence-electron chi connectivity index (χ1n) is 28.3. The fraction of sp³-hybridized carbons (Fsp3) is 0.433. The maximum Gasteiger partial charge on any atom is 0.319 e. The smallest absolute Gasteiger partial charge is 0.319 e. The van der Waals surface area contributed by atoms with Crippen LogP contribution in [0.15, 0.2) is 85.3 Å². The number of amides is 2. The molecule has 434 valence electrons. The molecule has 0 spiro atoms. The van der Waals surface area contributed by atoms with Crippen molar-refractivity contribution in [1.29, 1.82) is 0 Å². The molecule has 2 bridgehead atoms. The van der Waals surface area contributed by atoms with Crippen molar-refractivity contribution in [2.24, 2.45) is 5.92 Å². The van der Waals surface area contributed by atoms with E-state index in [0.717, 1.165) is 48.2 Å². The number of H-pyrrole nitrogens is 1. The molecule has 23 heteroatoms. The molecule has 0 radical (unpaired) electrons. The molecule has 4 aromatic carbocycles. The van der Waals surface area contributed by atoms with Gasteiger partial charge < -0.3 is 44.9 Å². The van der Waals surface area contributed by atoms with Gasteiger partial charge in [-0.05, 0) is 91.0 Å². The summed E-state index contributed by atoms with van der Waals surface area (Å²) in [6, 6.07) is 17.7. The highest BCUT2D eigenvalue weighted by molar-refractivity contribution is 6.06. The van der Waals surface area contributed by atoms with E-state index in [4.69, 9.17) is 24.2 Å². The molecule has 1 unspecified atom stereocenters. The second kappa shape index (κ2) is 23.0. The van der Waals surface area contributed by atoms with Crippen LogP contribution >= 0.6 is 0 Å². The number of alkyl halides is 2.